The van der Waals surface area contributed by atoms with E-state index in [-0.39, 0.29) is 18.4 Å². The van der Waals surface area contributed by atoms with E-state index in [4.69, 9.17) is 23.2 Å². The number of hydrogen-bond acceptors (Lipinski definition) is 3. The molecule has 1 saturated heterocycles. The zero-order valence-electron chi connectivity index (χ0n) is 11.0. The molecular weight excluding hydrogens is 299 g/mol. The molecule has 1 fully saturated rings. The molecular formula is C14H18Cl2N2O2. The fraction of sp³-hybridized carbons (Fsp3) is 0.500. The number of halogens is 2. The minimum absolute atomic E-state index is 0.0187. The van der Waals surface area contributed by atoms with Crippen molar-refractivity contribution in [3.8, 4) is 0 Å². The Kier molecular flexibility index (Phi) is 5.66. The van der Waals surface area contributed by atoms with Gasteiger partial charge in [0.1, 0.15) is 0 Å². The Hall–Kier alpha value is -0.810. The summed E-state index contributed by atoms with van der Waals surface area (Å²) in [5.41, 5.74) is 0.460. The van der Waals surface area contributed by atoms with Crippen LogP contribution < -0.4 is 10.6 Å². The van der Waals surface area contributed by atoms with E-state index in [2.05, 4.69) is 10.6 Å². The summed E-state index contributed by atoms with van der Waals surface area (Å²) in [6, 6.07) is 5.05. The van der Waals surface area contributed by atoms with Crippen molar-refractivity contribution >= 4 is 29.1 Å². The molecule has 4 nitrogen and oxygen atoms in total. The van der Waals surface area contributed by atoms with Crippen molar-refractivity contribution in [1.29, 1.82) is 0 Å². The fourth-order valence-corrected chi connectivity index (χ4v) is 3.01. The Bertz CT molecular complexity index is 456. The second kappa shape index (κ2) is 7.27. The van der Waals surface area contributed by atoms with Gasteiger partial charge in [0.25, 0.3) is 0 Å². The first-order chi connectivity index (χ1) is 9.59. The zero-order chi connectivity index (χ0) is 14.5. The highest BCUT2D eigenvalue weighted by atomic mass is 35.5. The predicted octanol–water partition coefficient (Wildman–Crippen LogP) is 2.14. The lowest BCUT2D eigenvalue weighted by molar-refractivity contribution is -0.126. The molecule has 1 aromatic rings. The number of aliphatic hydroxyl groups is 1. The first-order valence-electron chi connectivity index (χ1n) is 6.70. The van der Waals surface area contributed by atoms with E-state index < -0.39 is 6.10 Å². The number of carbonyl (C=O) groups is 1. The third-order valence-electron chi connectivity index (χ3n) is 3.51. The van der Waals surface area contributed by atoms with E-state index in [0.29, 0.717) is 15.6 Å². The largest absolute Gasteiger partial charge is 0.386 e. The predicted molar refractivity (Wildman–Crippen MR) is 80.0 cm³/mol. The number of piperidine rings is 1. The van der Waals surface area contributed by atoms with E-state index >= 15 is 0 Å². The average molecular weight is 317 g/mol. The monoisotopic (exact) mass is 316 g/mol. The molecule has 110 valence electrons. The van der Waals surface area contributed by atoms with Gasteiger partial charge in [-0.2, -0.15) is 0 Å². The number of hydrogen-bond donors (Lipinski definition) is 3. The standard InChI is InChI=1S/C14H18Cl2N2O2/c15-10-2-1-3-11(16)13(10)12(19)8-18-14(20)9-4-6-17-7-5-9/h1-3,9,12,17,19H,4-8H2,(H,18,20)/t12-/m0/s1. The summed E-state index contributed by atoms with van der Waals surface area (Å²) >= 11 is 12.0. The van der Waals surface area contributed by atoms with Crippen molar-refractivity contribution in [1.82, 2.24) is 10.6 Å². The smallest absolute Gasteiger partial charge is 0.223 e. The molecule has 0 saturated carbocycles. The van der Waals surface area contributed by atoms with Gasteiger partial charge in [0.15, 0.2) is 0 Å². The zero-order valence-corrected chi connectivity index (χ0v) is 12.5. The number of rotatable bonds is 4. The molecule has 0 aromatic heterocycles. The van der Waals surface area contributed by atoms with E-state index in [9.17, 15) is 9.90 Å². The lowest BCUT2D eigenvalue weighted by atomic mass is 9.97. The Labute approximate surface area is 128 Å². The first kappa shape index (κ1) is 15.6. The van der Waals surface area contributed by atoms with E-state index in [1.54, 1.807) is 18.2 Å². The summed E-state index contributed by atoms with van der Waals surface area (Å²) in [5.74, 6) is -0.00102. The number of nitrogens with one attached hydrogen (secondary N) is 2. The van der Waals surface area contributed by atoms with Gasteiger partial charge in [0.05, 0.1) is 6.10 Å². The molecule has 0 bridgehead atoms. The summed E-state index contributed by atoms with van der Waals surface area (Å²) in [7, 11) is 0. The minimum Gasteiger partial charge on any atom is -0.386 e. The Morgan fingerprint density at radius 1 is 1.35 bits per heavy atom. The van der Waals surface area contributed by atoms with Crippen LogP contribution in [0.1, 0.15) is 24.5 Å². The summed E-state index contributed by atoms with van der Waals surface area (Å²) in [5, 5.41) is 16.9. The van der Waals surface area contributed by atoms with Crippen LogP contribution in [0.2, 0.25) is 10.0 Å². The highest BCUT2D eigenvalue weighted by Gasteiger charge is 2.22. The Morgan fingerprint density at radius 2 is 1.95 bits per heavy atom. The SMILES string of the molecule is O=C(NC[C@H](O)c1c(Cl)cccc1Cl)C1CCNCC1. The fourth-order valence-electron chi connectivity index (χ4n) is 2.36. The quantitative estimate of drug-likeness (QED) is 0.797. The molecule has 0 radical (unpaired) electrons. The van der Waals surface area contributed by atoms with Crippen LogP contribution in [0.4, 0.5) is 0 Å². The Morgan fingerprint density at radius 3 is 2.55 bits per heavy atom. The van der Waals surface area contributed by atoms with E-state index in [1.165, 1.54) is 0 Å². The molecule has 1 aliphatic rings. The number of aliphatic hydroxyl groups excluding tert-OH is 1. The molecule has 1 amide bonds. The van der Waals surface area contributed by atoms with Gasteiger partial charge in [-0.1, -0.05) is 29.3 Å². The molecule has 0 aliphatic carbocycles. The maximum Gasteiger partial charge on any atom is 0.223 e. The molecule has 3 N–H and O–H groups in total. The molecule has 20 heavy (non-hydrogen) atoms. The summed E-state index contributed by atoms with van der Waals surface area (Å²) in [6.45, 7) is 1.83. The molecule has 1 aliphatic heterocycles. The second-order valence-corrected chi connectivity index (χ2v) is 5.73. The van der Waals surface area contributed by atoms with Crippen molar-refractivity contribution in [3.05, 3.63) is 33.8 Å². The Balaban J connectivity index is 1.91. The average Bonchev–Trinajstić information content (AvgIpc) is 2.45. The molecule has 0 unspecified atom stereocenters. The van der Waals surface area contributed by atoms with Crippen molar-refractivity contribution in [2.75, 3.05) is 19.6 Å². The van der Waals surface area contributed by atoms with E-state index in [0.717, 1.165) is 25.9 Å². The molecule has 1 atom stereocenters. The van der Waals surface area contributed by atoms with Crippen LogP contribution in [-0.4, -0.2) is 30.6 Å². The van der Waals surface area contributed by atoms with Gasteiger partial charge in [-0.3, -0.25) is 4.79 Å². The van der Waals surface area contributed by atoms with Crippen LogP contribution in [-0.2, 0) is 4.79 Å². The highest BCUT2D eigenvalue weighted by molar-refractivity contribution is 6.36. The van der Waals surface area contributed by atoms with Gasteiger partial charge in [0, 0.05) is 28.1 Å². The maximum atomic E-state index is 12.0. The van der Waals surface area contributed by atoms with Gasteiger partial charge in [0.2, 0.25) is 5.91 Å². The minimum atomic E-state index is -0.901. The topological polar surface area (TPSA) is 61.4 Å². The van der Waals surface area contributed by atoms with Crippen molar-refractivity contribution in [3.63, 3.8) is 0 Å². The van der Waals surface area contributed by atoms with Crippen molar-refractivity contribution in [2.24, 2.45) is 5.92 Å². The van der Waals surface area contributed by atoms with Gasteiger partial charge < -0.3 is 15.7 Å². The lowest BCUT2D eigenvalue weighted by Crippen LogP contribution is -2.39. The third-order valence-corrected chi connectivity index (χ3v) is 4.17. The van der Waals surface area contributed by atoms with Gasteiger partial charge in [-0.15, -0.1) is 0 Å². The number of benzene rings is 1. The van der Waals surface area contributed by atoms with Crippen LogP contribution in [0.25, 0.3) is 0 Å². The first-order valence-corrected chi connectivity index (χ1v) is 7.45. The normalized spacial score (nSPS) is 17.8. The molecule has 1 aromatic carbocycles. The maximum absolute atomic E-state index is 12.0. The molecule has 2 rings (SSSR count). The van der Waals surface area contributed by atoms with Crippen LogP contribution in [0, 0.1) is 5.92 Å². The number of carbonyl (C=O) groups excluding carboxylic acids is 1. The van der Waals surface area contributed by atoms with Crippen LogP contribution in [0.5, 0.6) is 0 Å². The van der Waals surface area contributed by atoms with Crippen LogP contribution >= 0.6 is 23.2 Å². The van der Waals surface area contributed by atoms with Gasteiger partial charge in [-0.05, 0) is 38.1 Å². The summed E-state index contributed by atoms with van der Waals surface area (Å²) in [4.78, 5) is 12.0. The van der Waals surface area contributed by atoms with Crippen molar-refractivity contribution < 1.29 is 9.90 Å². The highest BCUT2D eigenvalue weighted by Crippen LogP contribution is 2.29. The van der Waals surface area contributed by atoms with Gasteiger partial charge in [-0.25, -0.2) is 0 Å². The molecule has 1 heterocycles. The second-order valence-electron chi connectivity index (χ2n) is 4.92. The summed E-state index contributed by atoms with van der Waals surface area (Å²) < 4.78 is 0. The lowest BCUT2D eigenvalue weighted by Gasteiger charge is -2.23. The summed E-state index contributed by atoms with van der Waals surface area (Å²) in [6.07, 6.45) is 0.755. The molecule has 0 spiro atoms. The van der Waals surface area contributed by atoms with Crippen molar-refractivity contribution in [2.45, 2.75) is 18.9 Å². The van der Waals surface area contributed by atoms with Crippen LogP contribution in [0.15, 0.2) is 18.2 Å². The van der Waals surface area contributed by atoms with Gasteiger partial charge >= 0.3 is 0 Å². The number of amides is 1. The van der Waals surface area contributed by atoms with Crippen LogP contribution in [0.3, 0.4) is 0 Å². The van der Waals surface area contributed by atoms with E-state index in [1.807, 2.05) is 0 Å². The molecule has 6 heteroatoms. The third kappa shape index (κ3) is 3.85.